The number of H-pyrrole nitrogens is 1. The summed E-state index contributed by atoms with van der Waals surface area (Å²) < 4.78 is 4.86. The van der Waals surface area contributed by atoms with Crippen molar-refractivity contribution in [2.24, 2.45) is 10.2 Å². The van der Waals surface area contributed by atoms with E-state index >= 15 is 0 Å². The first-order chi connectivity index (χ1) is 7.65. The average Bonchev–Trinajstić information content (AvgIpc) is 2.71. The zero-order valence-corrected chi connectivity index (χ0v) is 9.78. The van der Waals surface area contributed by atoms with Crippen LogP contribution in [-0.4, -0.2) is 28.4 Å². The molecule has 0 radical (unpaired) electrons. The number of aromatic amines is 1. The molecule has 0 aromatic carbocycles. The van der Waals surface area contributed by atoms with Gasteiger partial charge in [-0.3, -0.25) is 0 Å². The fraction of sp³-hybridized carbons (Fsp3) is 0.300. The molecular formula is C10H12ClN3O2. The van der Waals surface area contributed by atoms with Crippen LogP contribution in [0.4, 0.5) is 0 Å². The number of carbonyl (C=O) groups is 1. The number of esters is 1. The van der Waals surface area contributed by atoms with Crippen LogP contribution in [0.25, 0.3) is 0 Å². The second-order valence-electron chi connectivity index (χ2n) is 2.85. The van der Waals surface area contributed by atoms with E-state index in [1.54, 1.807) is 32.2 Å². The number of hydrogen-bond donors (Lipinski definition) is 1. The molecule has 16 heavy (non-hydrogen) atoms. The Balaban J connectivity index is 2.99. The van der Waals surface area contributed by atoms with Crippen LogP contribution >= 0.6 is 11.6 Å². The van der Waals surface area contributed by atoms with Gasteiger partial charge in [0.25, 0.3) is 0 Å². The Morgan fingerprint density at radius 3 is 2.81 bits per heavy atom. The topological polar surface area (TPSA) is 66.8 Å². The molecule has 86 valence electrons. The quantitative estimate of drug-likeness (QED) is 0.497. The summed E-state index contributed by atoms with van der Waals surface area (Å²) >= 11 is 5.55. The van der Waals surface area contributed by atoms with E-state index < -0.39 is 5.97 Å². The van der Waals surface area contributed by atoms with Gasteiger partial charge < -0.3 is 9.72 Å². The third-order valence-corrected chi connectivity index (χ3v) is 1.69. The molecule has 0 aliphatic rings. The van der Waals surface area contributed by atoms with Gasteiger partial charge in [0.2, 0.25) is 0 Å². The lowest BCUT2D eigenvalue weighted by atomic mass is 10.3. The van der Waals surface area contributed by atoms with Gasteiger partial charge >= 0.3 is 5.97 Å². The number of nitrogens with one attached hydrogen (secondary N) is 1. The van der Waals surface area contributed by atoms with E-state index in [-0.39, 0.29) is 17.5 Å². The molecule has 0 aliphatic carbocycles. The molecule has 0 unspecified atom stereocenters. The van der Waals surface area contributed by atoms with Gasteiger partial charge in [0, 0.05) is 6.20 Å². The highest BCUT2D eigenvalue weighted by atomic mass is 35.5. The van der Waals surface area contributed by atoms with Crippen molar-refractivity contribution in [1.82, 2.24) is 4.98 Å². The van der Waals surface area contributed by atoms with Crippen molar-refractivity contribution in [2.45, 2.75) is 13.8 Å². The molecule has 0 saturated carbocycles. The van der Waals surface area contributed by atoms with Crippen LogP contribution in [0.15, 0.2) is 28.5 Å². The van der Waals surface area contributed by atoms with E-state index in [9.17, 15) is 4.79 Å². The molecule has 1 aromatic rings. The zero-order valence-electron chi connectivity index (χ0n) is 9.03. The second kappa shape index (κ2) is 6.07. The molecule has 0 aliphatic heterocycles. The maximum Gasteiger partial charge on any atom is 0.361 e. The third kappa shape index (κ3) is 3.51. The molecule has 0 fully saturated rings. The highest BCUT2D eigenvalue weighted by Gasteiger charge is 2.16. The summed E-state index contributed by atoms with van der Waals surface area (Å²) in [6.45, 7) is 3.57. The standard InChI is InChI=1S/C10H12ClN3O2/c1-3-16-10(15)9(14-13-7(2)11)8-5-4-6-12-8/h4-6,12H,3H2,1-2H3/b13-7+,14-9+. The number of aromatic nitrogens is 1. The number of carbonyl (C=O) groups excluding carboxylic acids is 1. The lowest BCUT2D eigenvalue weighted by Crippen LogP contribution is -2.19. The van der Waals surface area contributed by atoms with Crippen LogP contribution in [-0.2, 0) is 9.53 Å². The van der Waals surface area contributed by atoms with Crippen molar-refractivity contribution in [3.63, 3.8) is 0 Å². The minimum Gasteiger partial charge on any atom is -0.461 e. The van der Waals surface area contributed by atoms with Crippen LogP contribution in [0.3, 0.4) is 0 Å². The molecule has 0 amide bonds. The van der Waals surface area contributed by atoms with Crippen molar-refractivity contribution in [3.05, 3.63) is 24.0 Å². The lowest BCUT2D eigenvalue weighted by Gasteiger charge is -2.02. The zero-order chi connectivity index (χ0) is 12.0. The normalized spacial score (nSPS) is 12.7. The molecule has 1 rings (SSSR count). The van der Waals surface area contributed by atoms with Crippen molar-refractivity contribution in [2.75, 3.05) is 6.61 Å². The molecule has 5 nitrogen and oxygen atoms in total. The van der Waals surface area contributed by atoms with Crippen molar-refractivity contribution in [1.29, 1.82) is 0 Å². The second-order valence-corrected chi connectivity index (χ2v) is 3.40. The van der Waals surface area contributed by atoms with Gasteiger partial charge in [0.05, 0.1) is 12.3 Å². The summed E-state index contributed by atoms with van der Waals surface area (Å²) in [4.78, 5) is 14.4. The Kier molecular flexibility index (Phi) is 4.72. The highest BCUT2D eigenvalue weighted by molar-refractivity contribution is 6.64. The summed E-state index contributed by atoms with van der Waals surface area (Å²) in [5.74, 6) is -0.536. The summed E-state index contributed by atoms with van der Waals surface area (Å²) in [6, 6.07) is 3.45. The van der Waals surface area contributed by atoms with Crippen molar-refractivity contribution in [3.8, 4) is 0 Å². The van der Waals surface area contributed by atoms with Gasteiger partial charge in [-0.05, 0) is 26.0 Å². The molecule has 1 heterocycles. The first-order valence-corrected chi connectivity index (χ1v) is 5.11. The van der Waals surface area contributed by atoms with Crippen LogP contribution < -0.4 is 0 Å². The van der Waals surface area contributed by atoms with E-state index in [1.807, 2.05) is 0 Å². The van der Waals surface area contributed by atoms with Gasteiger partial charge in [-0.15, -0.1) is 10.2 Å². The Bertz CT molecular complexity index is 406. The fourth-order valence-electron chi connectivity index (χ4n) is 1.00. The van der Waals surface area contributed by atoms with Crippen LogP contribution in [0.2, 0.25) is 0 Å². The molecule has 0 saturated heterocycles. The maximum absolute atomic E-state index is 11.6. The number of ether oxygens (including phenoxy) is 1. The molecule has 1 aromatic heterocycles. The summed E-state index contributed by atoms with van der Waals surface area (Å²) in [5.41, 5.74) is 0.645. The largest absolute Gasteiger partial charge is 0.461 e. The van der Waals surface area contributed by atoms with Gasteiger partial charge in [-0.2, -0.15) is 0 Å². The van der Waals surface area contributed by atoms with Crippen molar-refractivity contribution >= 4 is 28.5 Å². The molecular weight excluding hydrogens is 230 g/mol. The van der Waals surface area contributed by atoms with E-state index in [0.717, 1.165) is 0 Å². The Morgan fingerprint density at radius 2 is 2.31 bits per heavy atom. The number of halogens is 1. The van der Waals surface area contributed by atoms with Gasteiger partial charge in [0.15, 0.2) is 5.71 Å². The number of hydrogen-bond acceptors (Lipinski definition) is 4. The minimum absolute atomic E-state index is 0.104. The smallest absolute Gasteiger partial charge is 0.361 e. The fourth-order valence-corrected chi connectivity index (χ4v) is 1.04. The molecule has 6 heteroatoms. The van der Waals surface area contributed by atoms with E-state index in [4.69, 9.17) is 16.3 Å². The van der Waals surface area contributed by atoms with E-state index in [1.165, 1.54) is 0 Å². The molecule has 0 bridgehead atoms. The van der Waals surface area contributed by atoms with Crippen LogP contribution in [0.1, 0.15) is 19.5 Å². The highest BCUT2D eigenvalue weighted by Crippen LogP contribution is 2.01. The Morgan fingerprint density at radius 1 is 1.56 bits per heavy atom. The predicted molar refractivity (Wildman–Crippen MR) is 62.9 cm³/mol. The third-order valence-electron chi connectivity index (χ3n) is 1.61. The van der Waals surface area contributed by atoms with Gasteiger partial charge in [0.1, 0.15) is 5.17 Å². The van der Waals surface area contributed by atoms with Gasteiger partial charge in [-0.25, -0.2) is 4.79 Å². The average molecular weight is 242 g/mol. The monoisotopic (exact) mass is 241 g/mol. The maximum atomic E-state index is 11.6. The minimum atomic E-state index is -0.536. The Labute approximate surface area is 98.2 Å². The molecule has 1 N–H and O–H groups in total. The summed E-state index contributed by atoms with van der Waals surface area (Å²) in [7, 11) is 0. The SMILES string of the molecule is CCOC(=O)/C(=N/N=C(\C)Cl)c1ccc[nH]1. The van der Waals surface area contributed by atoms with Crippen molar-refractivity contribution < 1.29 is 9.53 Å². The predicted octanol–water partition coefficient (Wildman–Crippen LogP) is 1.94. The Hall–Kier alpha value is -1.62. The summed E-state index contributed by atoms with van der Waals surface area (Å²) in [5, 5.41) is 7.63. The molecule has 0 spiro atoms. The lowest BCUT2D eigenvalue weighted by molar-refractivity contribution is -0.134. The van der Waals surface area contributed by atoms with Gasteiger partial charge in [-0.1, -0.05) is 11.6 Å². The number of rotatable bonds is 4. The number of nitrogens with zero attached hydrogens (tertiary/aromatic N) is 2. The van der Waals surface area contributed by atoms with E-state index in [0.29, 0.717) is 5.69 Å². The first kappa shape index (κ1) is 12.4. The van der Waals surface area contributed by atoms with Crippen LogP contribution in [0, 0.1) is 0 Å². The van der Waals surface area contributed by atoms with Crippen LogP contribution in [0.5, 0.6) is 0 Å². The molecule has 0 atom stereocenters. The first-order valence-electron chi connectivity index (χ1n) is 4.73. The van der Waals surface area contributed by atoms with E-state index in [2.05, 4.69) is 15.2 Å². The summed E-state index contributed by atoms with van der Waals surface area (Å²) in [6.07, 6.45) is 1.68.